The van der Waals surface area contributed by atoms with Gasteiger partial charge in [-0.25, -0.2) is 4.79 Å². The molecule has 2 rings (SSSR count). The minimum atomic E-state index is -1.04. The van der Waals surface area contributed by atoms with Gasteiger partial charge in [-0.05, 0) is 31.4 Å². The van der Waals surface area contributed by atoms with E-state index >= 15 is 0 Å². The van der Waals surface area contributed by atoms with Gasteiger partial charge >= 0.3 is 5.97 Å². The molecule has 6 heteroatoms. The lowest BCUT2D eigenvalue weighted by Gasteiger charge is -2.13. The van der Waals surface area contributed by atoms with Crippen LogP contribution in [-0.2, 0) is 4.79 Å². The molecule has 2 N–H and O–H groups in total. The number of carbonyl (C=O) groups is 2. The third-order valence-corrected chi connectivity index (χ3v) is 3.91. The Labute approximate surface area is 126 Å². The highest BCUT2D eigenvalue weighted by Gasteiger charge is 2.24. The predicted octanol–water partition coefficient (Wildman–Crippen LogP) is 2.68. The fraction of sp³-hybridized carbons (Fsp3) is 0.333. The summed E-state index contributed by atoms with van der Waals surface area (Å²) in [6.45, 7) is 1.79. The number of hydrogen-bond donors (Lipinski definition) is 2. The summed E-state index contributed by atoms with van der Waals surface area (Å²) >= 11 is 1.54. The standard InChI is InChI=1S/C15H17NO4S/c1-9-10-5-3-4-6-12(10)20-13(9)14(17)16-11(15(18)19)7-8-21-2/h3-6,11H,7-8H2,1-2H3,(H,16,17)(H,18,19). The van der Waals surface area contributed by atoms with Crippen molar-refractivity contribution in [3.05, 3.63) is 35.6 Å². The van der Waals surface area contributed by atoms with Gasteiger partial charge in [-0.3, -0.25) is 4.79 Å². The number of carboxylic acid groups (broad SMARTS) is 1. The smallest absolute Gasteiger partial charge is 0.326 e. The van der Waals surface area contributed by atoms with E-state index in [2.05, 4.69) is 5.32 Å². The van der Waals surface area contributed by atoms with Crippen molar-refractivity contribution in [2.24, 2.45) is 0 Å². The molecule has 0 bridgehead atoms. The Hall–Kier alpha value is -1.95. The van der Waals surface area contributed by atoms with Crippen LogP contribution in [0.2, 0.25) is 0 Å². The number of para-hydroxylation sites is 1. The summed E-state index contributed by atoms with van der Waals surface area (Å²) in [4.78, 5) is 23.4. The molecular formula is C15H17NO4S. The van der Waals surface area contributed by atoms with Crippen LogP contribution in [0.15, 0.2) is 28.7 Å². The maximum atomic E-state index is 12.2. The minimum Gasteiger partial charge on any atom is -0.480 e. The van der Waals surface area contributed by atoms with Gasteiger partial charge in [-0.15, -0.1) is 0 Å². The van der Waals surface area contributed by atoms with E-state index < -0.39 is 17.9 Å². The predicted molar refractivity (Wildman–Crippen MR) is 82.8 cm³/mol. The highest BCUT2D eigenvalue weighted by atomic mass is 32.2. The SMILES string of the molecule is CSCCC(NC(=O)c1oc2ccccc2c1C)C(=O)O. The van der Waals surface area contributed by atoms with Crippen LogP contribution in [0.25, 0.3) is 11.0 Å². The first-order valence-corrected chi connectivity index (χ1v) is 7.94. The first-order chi connectivity index (χ1) is 10.0. The van der Waals surface area contributed by atoms with Gasteiger partial charge in [-0.2, -0.15) is 11.8 Å². The third kappa shape index (κ3) is 3.39. The van der Waals surface area contributed by atoms with Crippen LogP contribution in [0.1, 0.15) is 22.5 Å². The molecule has 0 spiro atoms. The lowest BCUT2D eigenvalue weighted by atomic mass is 10.1. The molecule has 1 heterocycles. The number of furan rings is 1. The Morgan fingerprint density at radius 1 is 1.38 bits per heavy atom. The van der Waals surface area contributed by atoms with Gasteiger partial charge in [0, 0.05) is 10.9 Å². The Morgan fingerprint density at radius 2 is 2.10 bits per heavy atom. The van der Waals surface area contributed by atoms with E-state index in [1.165, 1.54) is 11.8 Å². The minimum absolute atomic E-state index is 0.173. The van der Waals surface area contributed by atoms with Crippen molar-refractivity contribution in [1.82, 2.24) is 5.32 Å². The molecule has 0 saturated carbocycles. The van der Waals surface area contributed by atoms with Crippen LogP contribution in [0, 0.1) is 6.92 Å². The van der Waals surface area contributed by atoms with Gasteiger partial charge < -0.3 is 14.8 Å². The maximum Gasteiger partial charge on any atom is 0.326 e. The zero-order chi connectivity index (χ0) is 15.4. The van der Waals surface area contributed by atoms with Gasteiger partial charge in [0.15, 0.2) is 5.76 Å². The topological polar surface area (TPSA) is 79.5 Å². The van der Waals surface area contributed by atoms with Crippen LogP contribution in [-0.4, -0.2) is 35.0 Å². The fourth-order valence-corrected chi connectivity index (χ4v) is 2.58. The first-order valence-electron chi connectivity index (χ1n) is 6.55. The van der Waals surface area contributed by atoms with Crippen molar-refractivity contribution in [2.45, 2.75) is 19.4 Å². The maximum absolute atomic E-state index is 12.2. The first kappa shape index (κ1) is 15.4. The van der Waals surface area contributed by atoms with Gasteiger partial charge in [0.2, 0.25) is 0 Å². The van der Waals surface area contributed by atoms with E-state index in [1.54, 1.807) is 13.0 Å². The van der Waals surface area contributed by atoms with Crippen molar-refractivity contribution < 1.29 is 19.1 Å². The molecule has 21 heavy (non-hydrogen) atoms. The Kier molecular flexibility index (Phi) is 4.90. The molecule has 112 valence electrons. The summed E-state index contributed by atoms with van der Waals surface area (Å²) in [5.74, 6) is -0.689. The summed E-state index contributed by atoms with van der Waals surface area (Å²) in [6.07, 6.45) is 2.27. The molecule has 1 amide bonds. The highest BCUT2D eigenvalue weighted by Crippen LogP contribution is 2.24. The number of amides is 1. The summed E-state index contributed by atoms with van der Waals surface area (Å²) in [5.41, 5.74) is 1.34. The molecule has 1 atom stereocenters. The van der Waals surface area contributed by atoms with Crippen molar-refractivity contribution in [3.8, 4) is 0 Å². The van der Waals surface area contributed by atoms with E-state index in [4.69, 9.17) is 9.52 Å². The molecule has 0 radical (unpaired) electrons. The summed E-state index contributed by atoms with van der Waals surface area (Å²) < 4.78 is 5.54. The van der Waals surface area contributed by atoms with Crippen LogP contribution in [0.4, 0.5) is 0 Å². The lowest BCUT2D eigenvalue weighted by Crippen LogP contribution is -2.41. The normalized spacial score (nSPS) is 12.3. The quantitative estimate of drug-likeness (QED) is 0.857. The molecule has 5 nitrogen and oxygen atoms in total. The number of aliphatic carboxylic acids is 1. The third-order valence-electron chi connectivity index (χ3n) is 3.26. The number of nitrogens with one attached hydrogen (secondary N) is 1. The molecule has 0 aliphatic carbocycles. The van der Waals surface area contributed by atoms with Gasteiger partial charge in [0.25, 0.3) is 5.91 Å². The molecule has 0 aliphatic rings. The van der Waals surface area contributed by atoms with Gasteiger partial charge in [0.05, 0.1) is 0 Å². The van der Waals surface area contributed by atoms with Crippen LogP contribution >= 0.6 is 11.8 Å². The number of fused-ring (bicyclic) bond motifs is 1. The average Bonchev–Trinajstić information content (AvgIpc) is 2.81. The van der Waals surface area contributed by atoms with Crippen molar-refractivity contribution in [3.63, 3.8) is 0 Å². The van der Waals surface area contributed by atoms with Crippen molar-refractivity contribution in [1.29, 1.82) is 0 Å². The Morgan fingerprint density at radius 3 is 2.71 bits per heavy atom. The van der Waals surface area contributed by atoms with E-state index in [1.807, 2.05) is 24.5 Å². The number of carboxylic acids is 1. The number of aryl methyl sites for hydroxylation is 1. The number of thioether (sulfide) groups is 1. The molecule has 1 unspecified atom stereocenters. The molecular weight excluding hydrogens is 290 g/mol. The van der Waals surface area contributed by atoms with Crippen molar-refractivity contribution in [2.75, 3.05) is 12.0 Å². The van der Waals surface area contributed by atoms with Crippen molar-refractivity contribution >= 4 is 34.6 Å². The van der Waals surface area contributed by atoms with E-state index in [0.29, 0.717) is 17.8 Å². The highest BCUT2D eigenvalue weighted by molar-refractivity contribution is 7.98. The summed E-state index contributed by atoms with van der Waals surface area (Å²) in [7, 11) is 0. The molecule has 1 aromatic carbocycles. The zero-order valence-electron chi connectivity index (χ0n) is 11.9. The monoisotopic (exact) mass is 307 g/mol. The second kappa shape index (κ2) is 6.67. The van der Waals surface area contributed by atoms with E-state index in [-0.39, 0.29) is 5.76 Å². The van der Waals surface area contributed by atoms with Gasteiger partial charge in [-0.1, -0.05) is 18.2 Å². The lowest BCUT2D eigenvalue weighted by molar-refractivity contribution is -0.139. The second-order valence-electron chi connectivity index (χ2n) is 4.70. The van der Waals surface area contributed by atoms with E-state index in [0.717, 1.165) is 10.9 Å². The van der Waals surface area contributed by atoms with Crippen LogP contribution in [0.3, 0.4) is 0 Å². The molecule has 0 fully saturated rings. The molecule has 0 aliphatic heterocycles. The fourth-order valence-electron chi connectivity index (χ4n) is 2.11. The average molecular weight is 307 g/mol. The Balaban J connectivity index is 2.21. The van der Waals surface area contributed by atoms with Crippen LogP contribution in [0.5, 0.6) is 0 Å². The number of rotatable bonds is 6. The summed E-state index contributed by atoms with van der Waals surface area (Å²) in [5, 5.41) is 12.5. The number of carbonyl (C=O) groups excluding carboxylic acids is 1. The second-order valence-corrected chi connectivity index (χ2v) is 5.68. The van der Waals surface area contributed by atoms with Crippen LogP contribution < -0.4 is 5.32 Å². The Bertz CT molecular complexity index is 665. The van der Waals surface area contributed by atoms with E-state index in [9.17, 15) is 9.59 Å². The molecule has 0 saturated heterocycles. The molecule has 1 aromatic heterocycles. The zero-order valence-corrected chi connectivity index (χ0v) is 12.7. The molecule has 2 aromatic rings. The van der Waals surface area contributed by atoms with Gasteiger partial charge in [0.1, 0.15) is 11.6 Å². The number of benzene rings is 1. The largest absolute Gasteiger partial charge is 0.480 e. The summed E-state index contributed by atoms with van der Waals surface area (Å²) in [6, 6.07) is 6.43. The number of hydrogen-bond acceptors (Lipinski definition) is 4.